The predicted octanol–water partition coefficient (Wildman–Crippen LogP) is 3.32. The first-order chi connectivity index (χ1) is 13.5. The summed E-state index contributed by atoms with van der Waals surface area (Å²) in [5, 5.41) is 0. The van der Waals surface area contributed by atoms with Crippen LogP contribution >= 0.6 is 0 Å². The second kappa shape index (κ2) is 8.94. The number of hydrogen-bond acceptors (Lipinski definition) is 4. The van der Waals surface area contributed by atoms with E-state index in [1.165, 1.54) is 29.2 Å². The summed E-state index contributed by atoms with van der Waals surface area (Å²) in [6.07, 6.45) is 2.07. The molecule has 3 rings (SSSR count). The Balaban J connectivity index is 1.67. The highest BCUT2D eigenvalue weighted by atomic mass is 19.1. The van der Waals surface area contributed by atoms with E-state index >= 15 is 0 Å². The smallest absolute Gasteiger partial charge is 0.227 e. The molecular formula is C21H20FN3O3. The number of nitrogens with two attached hydrogens (primary N) is 1. The highest BCUT2D eigenvalue weighted by molar-refractivity contribution is 5.94. The molecule has 0 radical (unpaired) electrons. The molecule has 0 aliphatic carbocycles. The van der Waals surface area contributed by atoms with Crippen molar-refractivity contribution >= 4 is 17.5 Å². The standard InChI is InChI=1S/C21H20FN3O3/c22-16-6-8-17(9-7-16)25(13-12-19(23)26)21(27)11-10-20-24-14-18(28-20)15-4-2-1-3-5-15/h1-9,14H,10-13H2,(H2,23,26). The van der Waals surface area contributed by atoms with Crippen molar-refractivity contribution in [2.75, 3.05) is 11.4 Å². The van der Waals surface area contributed by atoms with Crippen molar-refractivity contribution in [1.82, 2.24) is 4.98 Å². The summed E-state index contributed by atoms with van der Waals surface area (Å²) in [4.78, 5) is 29.5. The van der Waals surface area contributed by atoms with Crippen LogP contribution in [-0.4, -0.2) is 23.3 Å². The van der Waals surface area contributed by atoms with Crippen LogP contribution in [0, 0.1) is 5.82 Å². The summed E-state index contributed by atoms with van der Waals surface area (Å²) in [7, 11) is 0. The van der Waals surface area contributed by atoms with Gasteiger partial charge in [0.1, 0.15) is 5.82 Å². The zero-order valence-electron chi connectivity index (χ0n) is 15.2. The first kappa shape index (κ1) is 19.3. The second-order valence-electron chi connectivity index (χ2n) is 6.22. The molecule has 2 N–H and O–H groups in total. The molecule has 3 aromatic rings. The Labute approximate surface area is 161 Å². The van der Waals surface area contributed by atoms with E-state index in [1.807, 2.05) is 30.3 Å². The molecule has 144 valence electrons. The van der Waals surface area contributed by atoms with Crippen LogP contribution in [0.2, 0.25) is 0 Å². The number of oxazole rings is 1. The summed E-state index contributed by atoms with van der Waals surface area (Å²) >= 11 is 0. The van der Waals surface area contributed by atoms with Gasteiger partial charge >= 0.3 is 0 Å². The van der Waals surface area contributed by atoms with E-state index in [0.717, 1.165) is 5.56 Å². The molecule has 28 heavy (non-hydrogen) atoms. The Kier molecular flexibility index (Phi) is 6.16. The summed E-state index contributed by atoms with van der Waals surface area (Å²) in [5.74, 6) is -0.0694. The Bertz CT molecular complexity index is 939. The Morgan fingerprint density at radius 2 is 1.75 bits per heavy atom. The molecular weight excluding hydrogens is 361 g/mol. The lowest BCUT2D eigenvalue weighted by atomic mass is 10.2. The molecule has 7 heteroatoms. The molecule has 6 nitrogen and oxygen atoms in total. The first-order valence-corrected chi connectivity index (χ1v) is 8.87. The average Bonchev–Trinajstić information content (AvgIpc) is 3.17. The van der Waals surface area contributed by atoms with Crippen LogP contribution < -0.4 is 10.6 Å². The number of carbonyl (C=O) groups excluding carboxylic acids is 2. The molecule has 0 saturated heterocycles. The first-order valence-electron chi connectivity index (χ1n) is 8.87. The Hall–Kier alpha value is -3.48. The molecule has 1 heterocycles. The van der Waals surface area contributed by atoms with Crippen LogP contribution in [0.3, 0.4) is 0 Å². The van der Waals surface area contributed by atoms with E-state index in [9.17, 15) is 14.0 Å². The monoisotopic (exact) mass is 381 g/mol. The Morgan fingerprint density at radius 3 is 2.43 bits per heavy atom. The van der Waals surface area contributed by atoms with Gasteiger partial charge in [-0.3, -0.25) is 9.59 Å². The fourth-order valence-electron chi connectivity index (χ4n) is 2.75. The van der Waals surface area contributed by atoms with Crippen LogP contribution in [0.4, 0.5) is 10.1 Å². The van der Waals surface area contributed by atoms with Gasteiger partial charge in [-0.15, -0.1) is 0 Å². The zero-order valence-corrected chi connectivity index (χ0v) is 15.2. The molecule has 0 saturated carbocycles. The highest BCUT2D eigenvalue weighted by Crippen LogP contribution is 2.21. The average molecular weight is 381 g/mol. The number of amides is 2. The quantitative estimate of drug-likeness (QED) is 0.648. The summed E-state index contributed by atoms with van der Waals surface area (Å²) in [5.41, 5.74) is 6.61. The lowest BCUT2D eigenvalue weighted by molar-refractivity contribution is -0.119. The van der Waals surface area contributed by atoms with Crippen molar-refractivity contribution in [3.63, 3.8) is 0 Å². The van der Waals surface area contributed by atoms with E-state index in [1.54, 1.807) is 6.20 Å². The number of aryl methyl sites for hydroxylation is 1. The zero-order chi connectivity index (χ0) is 19.9. The van der Waals surface area contributed by atoms with Gasteiger partial charge in [-0.2, -0.15) is 0 Å². The molecule has 2 amide bonds. The van der Waals surface area contributed by atoms with Crippen LogP contribution in [0.5, 0.6) is 0 Å². The summed E-state index contributed by atoms with van der Waals surface area (Å²) < 4.78 is 18.9. The molecule has 0 aliphatic rings. The van der Waals surface area contributed by atoms with Crippen LogP contribution in [0.15, 0.2) is 65.2 Å². The van der Waals surface area contributed by atoms with Gasteiger partial charge in [0, 0.05) is 37.1 Å². The van der Waals surface area contributed by atoms with Crippen molar-refractivity contribution in [1.29, 1.82) is 0 Å². The van der Waals surface area contributed by atoms with Gasteiger partial charge in [0.25, 0.3) is 0 Å². The van der Waals surface area contributed by atoms with E-state index in [0.29, 0.717) is 23.8 Å². The minimum absolute atomic E-state index is 0.0142. The third kappa shape index (κ3) is 5.03. The Morgan fingerprint density at radius 1 is 1.04 bits per heavy atom. The van der Waals surface area contributed by atoms with Gasteiger partial charge in [-0.1, -0.05) is 30.3 Å². The van der Waals surface area contributed by atoms with Gasteiger partial charge in [-0.05, 0) is 24.3 Å². The number of rotatable bonds is 8. The van der Waals surface area contributed by atoms with Gasteiger partial charge in [0.2, 0.25) is 11.8 Å². The second-order valence-corrected chi connectivity index (χ2v) is 6.22. The summed E-state index contributed by atoms with van der Waals surface area (Å²) in [6, 6.07) is 15.1. The van der Waals surface area contributed by atoms with E-state index in [-0.39, 0.29) is 25.3 Å². The number of benzene rings is 2. The number of carbonyl (C=O) groups is 2. The number of primary amides is 1. The van der Waals surface area contributed by atoms with Crippen molar-refractivity contribution < 1.29 is 18.4 Å². The van der Waals surface area contributed by atoms with E-state index < -0.39 is 11.7 Å². The maximum absolute atomic E-state index is 13.2. The van der Waals surface area contributed by atoms with Crippen molar-refractivity contribution in [3.8, 4) is 11.3 Å². The molecule has 0 fully saturated rings. The van der Waals surface area contributed by atoms with Crippen molar-refractivity contribution in [2.45, 2.75) is 19.3 Å². The molecule has 0 atom stereocenters. The largest absolute Gasteiger partial charge is 0.441 e. The summed E-state index contributed by atoms with van der Waals surface area (Å²) in [6.45, 7) is 0.126. The third-order valence-corrected chi connectivity index (χ3v) is 4.19. The molecule has 0 aliphatic heterocycles. The topological polar surface area (TPSA) is 89.4 Å². The lowest BCUT2D eigenvalue weighted by Crippen LogP contribution is -2.34. The van der Waals surface area contributed by atoms with E-state index in [2.05, 4.69) is 4.98 Å². The third-order valence-electron chi connectivity index (χ3n) is 4.19. The van der Waals surface area contributed by atoms with Crippen LogP contribution in [0.25, 0.3) is 11.3 Å². The normalized spacial score (nSPS) is 10.6. The minimum Gasteiger partial charge on any atom is -0.441 e. The van der Waals surface area contributed by atoms with E-state index in [4.69, 9.17) is 10.2 Å². The maximum Gasteiger partial charge on any atom is 0.227 e. The number of halogens is 1. The maximum atomic E-state index is 13.2. The fourth-order valence-corrected chi connectivity index (χ4v) is 2.75. The van der Waals surface area contributed by atoms with Gasteiger partial charge in [0.05, 0.1) is 6.20 Å². The fraction of sp³-hybridized carbons (Fsp3) is 0.190. The highest BCUT2D eigenvalue weighted by Gasteiger charge is 2.18. The SMILES string of the molecule is NC(=O)CCN(C(=O)CCc1ncc(-c2ccccc2)o1)c1ccc(F)cc1. The van der Waals surface area contributed by atoms with Crippen molar-refractivity contribution in [3.05, 3.63) is 72.5 Å². The van der Waals surface area contributed by atoms with Crippen LogP contribution in [0.1, 0.15) is 18.7 Å². The molecule has 0 spiro atoms. The van der Waals surface area contributed by atoms with Crippen molar-refractivity contribution in [2.24, 2.45) is 5.73 Å². The number of aromatic nitrogens is 1. The minimum atomic E-state index is -0.514. The van der Waals surface area contributed by atoms with Crippen LogP contribution in [-0.2, 0) is 16.0 Å². The number of anilines is 1. The van der Waals surface area contributed by atoms with Gasteiger partial charge < -0.3 is 15.1 Å². The number of hydrogen-bond donors (Lipinski definition) is 1. The molecule has 0 bridgehead atoms. The van der Waals surface area contributed by atoms with Gasteiger partial charge in [-0.25, -0.2) is 9.37 Å². The lowest BCUT2D eigenvalue weighted by Gasteiger charge is -2.22. The molecule has 2 aromatic carbocycles. The molecule has 0 unspecified atom stereocenters. The predicted molar refractivity (Wildman–Crippen MR) is 103 cm³/mol. The molecule has 1 aromatic heterocycles. The van der Waals surface area contributed by atoms with Gasteiger partial charge in [0.15, 0.2) is 11.7 Å². The number of nitrogens with zero attached hydrogens (tertiary/aromatic N) is 2.